The molecule has 0 radical (unpaired) electrons. The molecule has 3 rings (SSSR count). The first kappa shape index (κ1) is 16.9. The molecular formula is C16H11F5N4. The number of rotatable bonds is 3. The Morgan fingerprint density at radius 3 is 2.44 bits per heavy atom. The summed E-state index contributed by atoms with van der Waals surface area (Å²) in [6.45, 7) is 0. The molecule has 9 heteroatoms. The highest BCUT2D eigenvalue weighted by Gasteiger charge is 2.35. The number of benzene rings is 2. The normalized spacial score (nSPS) is 11.7. The van der Waals surface area contributed by atoms with Gasteiger partial charge in [0.1, 0.15) is 17.5 Å². The number of nitrogens with two attached hydrogens (primary N) is 1. The first-order valence-electron chi connectivity index (χ1n) is 7.06. The minimum absolute atomic E-state index is 0.0288. The van der Waals surface area contributed by atoms with Gasteiger partial charge in [0.2, 0.25) is 5.95 Å². The highest BCUT2D eigenvalue weighted by molar-refractivity contribution is 5.69. The van der Waals surface area contributed by atoms with Gasteiger partial charge in [0, 0.05) is 12.0 Å². The fraction of sp³-hybridized carbons (Fsp3) is 0.125. The highest BCUT2D eigenvalue weighted by Crippen LogP contribution is 2.39. The average molecular weight is 354 g/mol. The second-order valence-corrected chi connectivity index (χ2v) is 5.33. The number of halogens is 5. The minimum atomic E-state index is -4.82. The van der Waals surface area contributed by atoms with Crippen LogP contribution in [0.1, 0.15) is 17.0 Å². The van der Waals surface area contributed by atoms with Gasteiger partial charge in [-0.25, -0.2) is 8.78 Å². The quantitative estimate of drug-likeness (QED) is 0.700. The Balaban J connectivity index is 2.12. The second-order valence-electron chi connectivity index (χ2n) is 5.33. The summed E-state index contributed by atoms with van der Waals surface area (Å²) < 4.78 is 68.1. The van der Waals surface area contributed by atoms with E-state index in [9.17, 15) is 22.0 Å². The summed E-state index contributed by atoms with van der Waals surface area (Å²) in [5.41, 5.74) is 3.27. The SMILES string of the molecule is Nc1n[nH]c(Cc2cc(F)c(-c3cccc(F)c3)c(C(F)(F)F)c2)n1. The first-order chi connectivity index (χ1) is 11.7. The third-order valence-corrected chi connectivity index (χ3v) is 3.49. The summed E-state index contributed by atoms with van der Waals surface area (Å²) in [5, 5.41) is 6.01. The smallest absolute Gasteiger partial charge is 0.367 e. The maximum Gasteiger partial charge on any atom is 0.417 e. The van der Waals surface area contributed by atoms with Crippen LogP contribution in [0.3, 0.4) is 0 Å². The van der Waals surface area contributed by atoms with Crippen molar-refractivity contribution in [2.45, 2.75) is 12.6 Å². The van der Waals surface area contributed by atoms with Gasteiger partial charge < -0.3 is 5.73 Å². The van der Waals surface area contributed by atoms with Gasteiger partial charge in [-0.2, -0.15) is 18.2 Å². The van der Waals surface area contributed by atoms with Gasteiger partial charge in [0.15, 0.2) is 0 Å². The van der Waals surface area contributed by atoms with Crippen molar-refractivity contribution >= 4 is 5.95 Å². The van der Waals surface area contributed by atoms with Crippen molar-refractivity contribution in [3.8, 4) is 11.1 Å². The summed E-state index contributed by atoms with van der Waals surface area (Å²) in [6, 6.07) is 6.11. The lowest BCUT2D eigenvalue weighted by atomic mass is 9.95. The molecule has 0 aliphatic carbocycles. The lowest BCUT2D eigenvalue weighted by molar-refractivity contribution is -0.137. The third-order valence-electron chi connectivity index (χ3n) is 3.49. The average Bonchev–Trinajstić information content (AvgIpc) is 2.91. The zero-order chi connectivity index (χ0) is 18.2. The summed E-state index contributed by atoms with van der Waals surface area (Å²) in [5.74, 6) is -1.74. The number of alkyl halides is 3. The van der Waals surface area contributed by atoms with Gasteiger partial charge in [0.05, 0.1) is 5.56 Å². The van der Waals surface area contributed by atoms with Crippen LogP contribution in [0, 0.1) is 11.6 Å². The number of aromatic amines is 1. The summed E-state index contributed by atoms with van der Waals surface area (Å²) in [4.78, 5) is 3.78. The molecule has 0 aliphatic rings. The third kappa shape index (κ3) is 3.59. The van der Waals surface area contributed by atoms with Crippen molar-refractivity contribution in [3.63, 3.8) is 0 Å². The highest BCUT2D eigenvalue weighted by atomic mass is 19.4. The van der Waals surface area contributed by atoms with E-state index in [0.29, 0.717) is 0 Å². The van der Waals surface area contributed by atoms with E-state index in [1.807, 2.05) is 0 Å². The predicted molar refractivity (Wildman–Crippen MR) is 80.4 cm³/mol. The Kier molecular flexibility index (Phi) is 4.15. The fourth-order valence-electron chi connectivity index (χ4n) is 2.51. The number of hydrogen-bond donors (Lipinski definition) is 2. The van der Waals surface area contributed by atoms with Crippen molar-refractivity contribution in [1.82, 2.24) is 15.2 Å². The molecule has 0 unspecified atom stereocenters. The van der Waals surface area contributed by atoms with Crippen LogP contribution in [0.2, 0.25) is 0 Å². The van der Waals surface area contributed by atoms with Gasteiger partial charge in [-0.1, -0.05) is 12.1 Å². The van der Waals surface area contributed by atoms with Gasteiger partial charge in [-0.05, 0) is 35.4 Å². The van der Waals surface area contributed by atoms with E-state index in [0.717, 1.165) is 24.3 Å². The van der Waals surface area contributed by atoms with Crippen LogP contribution < -0.4 is 5.73 Å². The molecule has 130 valence electrons. The molecule has 0 fully saturated rings. The standard InChI is InChI=1S/C16H11F5N4/c17-10-3-1-2-9(7-10)14-11(16(19,20)21)4-8(5-12(14)18)6-13-23-15(22)25-24-13/h1-5,7H,6H2,(H3,22,23,24,25). The Bertz CT molecular complexity index is 917. The predicted octanol–water partition coefficient (Wildman–Crippen LogP) is 3.94. The number of anilines is 1. The van der Waals surface area contributed by atoms with Gasteiger partial charge in [-0.15, -0.1) is 5.10 Å². The van der Waals surface area contributed by atoms with Crippen LogP contribution in [0.15, 0.2) is 36.4 Å². The van der Waals surface area contributed by atoms with E-state index in [1.54, 1.807) is 0 Å². The zero-order valence-electron chi connectivity index (χ0n) is 12.5. The molecule has 0 atom stereocenters. The van der Waals surface area contributed by atoms with Crippen LogP contribution in [0.25, 0.3) is 11.1 Å². The number of aromatic nitrogens is 3. The summed E-state index contributed by atoms with van der Waals surface area (Å²) >= 11 is 0. The van der Waals surface area contributed by atoms with E-state index in [4.69, 9.17) is 5.73 Å². The molecule has 25 heavy (non-hydrogen) atoms. The van der Waals surface area contributed by atoms with E-state index in [2.05, 4.69) is 15.2 Å². The molecular weight excluding hydrogens is 343 g/mol. The van der Waals surface area contributed by atoms with Crippen LogP contribution in [0.5, 0.6) is 0 Å². The van der Waals surface area contributed by atoms with Crippen molar-refractivity contribution in [2.24, 2.45) is 0 Å². The van der Waals surface area contributed by atoms with Crippen LogP contribution in [-0.4, -0.2) is 15.2 Å². The molecule has 0 bridgehead atoms. The maximum absolute atomic E-state index is 14.5. The number of nitrogen functional groups attached to an aromatic ring is 1. The number of nitrogens with zero attached hydrogens (tertiary/aromatic N) is 2. The van der Waals surface area contributed by atoms with Crippen molar-refractivity contribution in [1.29, 1.82) is 0 Å². The largest absolute Gasteiger partial charge is 0.417 e. The van der Waals surface area contributed by atoms with Crippen molar-refractivity contribution < 1.29 is 22.0 Å². The molecule has 0 aliphatic heterocycles. The molecule has 0 amide bonds. The number of hydrogen-bond acceptors (Lipinski definition) is 3. The Morgan fingerprint density at radius 1 is 1.08 bits per heavy atom. The van der Waals surface area contributed by atoms with Gasteiger partial charge in [-0.3, -0.25) is 5.10 Å². The molecule has 4 nitrogen and oxygen atoms in total. The second kappa shape index (κ2) is 6.15. The van der Waals surface area contributed by atoms with Crippen molar-refractivity contribution in [3.05, 3.63) is 65.0 Å². The summed E-state index contributed by atoms with van der Waals surface area (Å²) in [7, 11) is 0. The van der Waals surface area contributed by atoms with Crippen LogP contribution in [0.4, 0.5) is 27.9 Å². The summed E-state index contributed by atoms with van der Waals surface area (Å²) in [6.07, 6.45) is -4.94. The molecule has 0 saturated heterocycles. The fourth-order valence-corrected chi connectivity index (χ4v) is 2.51. The van der Waals surface area contributed by atoms with E-state index >= 15 is 0 Å². The molecule has 0 spiro atoms. The van der Waals surface area contributed by atoms with E-state index in [1.165, 1.54) is 12.1 Å². The number of nitrogens with one attached hydrogen (secondary N) is 1. The van der Waals surface area contributed by atoms with Crippen molar-refractivity contribution in [2.75, 3.05) is 5.73 Å². The maximum atomic E-state index is 14.5. The first-order valence-corrected chi connectivity index (χ1v) is 7.06. The molecule has 3 aromatic rings. The Hall–Kier alpha value is -2.97. The van der Waals surface area contributed by atoms with Crippen LogP contribution in [-0.2, 0) is 12.6 Å². The molecule has 3 N–H and O–H groups in total. The lowest BCUT2D eigenvalue weighted by Crippen LogP contribution is -2.10. The monoisotopic (exact) mass is 354 g/mol. The lowest BCUT2D eigenvalue weighted by Gasteiger charge is -2.16. The minimum Gasteiger partial charge on any atom is -0.367 e. The molecule has 0 saturated carbocycles. The van der Waals surface area contributed by atoms with E-state index < -0.39 is 28.9 Å². The Labute approximate surface area is 138 Å². The molecule has 1 aromatic heterocycles. The van der Waals surface area contributed by atoms with Crippen LogP contribution >= 0.6 is 0 Å². The van der Waals surface area contributed by atoms with Gasteiger partial charge >= 0.3 is 6.18 Å². The Morgan fingerprint density at radius 2 is 1.84 bits per heavy atom. The van der Waals surface area contributed by atoms with E-state index in [-0.39, 0.29) is 29.3 Å². The zero-order valence-corrected chi connectivity index (χ0v) is 12.5. The number of H-pyrrole nitrogens is 1. The topological polar surface area (TPSA) is 67.6 Å². The molecule has 1 heterocycles. The van der Waals surface area contributed by atoms with Gasteiger partial charge in [0.25, 0.3) is 0 Å². The molecule has 2 aromatic carbocycles.